The molecule has 3 N–H and O–H groups in total. The van der Waals surface area contributed by atoms with Gasteiger partial charge < -0.3 is 54.0 Å². The summed E-state index contributed by atoms with van der Waals surface area (Å²) in [6.07, 6.45) is -4.29. The minimum atomic E-state index is -4.70. The monoisotopic (exact) mass is 1230 g/mol. The fraction of sp³-hybridized carbons (Fsp3) is 0.491. The highest BCUT2D eigenvalue weighted by Crippen LogP contribution is 2.33. The van der Waals surface area contributed by atoms with Crippen molar-refractivity contribution in [2.45, 2.75) is 91.3 Å². The number of ether oxygens (including phenoxy) is 3. The predicted octanol–water partition coefficient (Wildman–Crippen LogP) is 6.39. The average molecular weight is 1230 g/mol. The van der Waals surface area contributed by atoms with E-state index in [9.17, 15) is 50.3 Å². The van der Waals surface area contributed by atoms with Gasteiger partial charge in [-0.25, -0.2) is 14.8 Å². The van der Waals surface area contributed by atoms with E-state index in [0.29, 0.717) is 139 Å². The normalized spacial score (nSPS) is 16.2. The first kappa shape index (κ1) is 61.9. The number of rotatable bonds is 12. The molecule has 0 aliphatic carbocycles. The number of anilines is 4. The third-order valence-corrected chi connectivity index (χ3v) is 14.5. The van der Waals surface area contributed by atoms with Crippen molar-refractivity contribution in [1.82, 2.24) is 58.5 Å². The molecule has 2 saturated heterocycles. The number of halogens is 8. The van der Waals surface area contributed by atoms with Gasteiger partial charge in [-0.05, 0) is 81.9 Å². The van der Waals surface area contributed by atoms with Crippen LogP contribution in [0.25, 0.3) is 22.7 Å². The van der Waals surface area contributed by atoms with Gasteiger partial charge in [0.2, 0.25) is 23.4 Å². The molecule has 0 bridgehead atoms. The van der Waals surface area contributed by atoms with E-state index in [-0.39, 0.29) is 41.6 Å². The van der Waals surface area contributed by atoms with Gasteiger partial charge in [0.15, 0.2) is 22.0 Å². The van der Waals surface area contributed by atoms with Gasteiger partial charge in [0.25, 0.3) is 11.1 Å². The second kappa shape index (κ2) is 25.5. The van der Waals surface area contributed by atoms with Gasteiger partial charge in [-0.1, -0.05) is 49.2 Å². The molecule has 0 saturated carbocycles. The van der Waals surface area contributed by atoms with Gasteiger partial charge in [0.1, 0.15) is 41.5 Å². The van der Waals surface area contributed by atoms with Crippen LogP contribution >= 0.6 is 23.2 Å². The van der Waals surface area contributed by atoms with E-state index in [0.717, 1.165) is 39.9 Å². The summed E-state index contributed by atoms with van der Waals surface area (Å²) in [7, 11) is 0. The second-order valence-electron chi connectivity index (χ2n) is 20.8. The van der Waals surface area contributed by atoms with E-state index in [1.54, 1.807) is 34.8 Å². The molecular weight excluding hydrogens is 1170 g/mol. The first-order valence-corrected chi connectivity index (χ1v) is 27.9. The van der Waals surface area contributed by atoms with Crippen molar-refractivity contribution in [1.29, 1.82) is 0 Å². The van der Waals surface area contributed by atoms with Gasteiger partial charge in [0, 0.05) is 52.4 Å². The summed E-state index contributed by atoms with van der Waals surface area (Å²) in [6.45, 7) is 13.9. The molecule has 32 heteroatoms. The molecule has 456 valence electrons. The summed E-state index contributed by atoms with van der Waals surface area (Å²) < 4.78 is 100.0. The molecular formula is C53H60Cl2F6N16O8. The maximum atomic E-state index is 14.0. The molecule has 10 rings (SSSR count). The number of pyridine rings is 2. The van der Waals surface area contributed by atoms with Crippen molar-refractivity contribution in [3.63, 3.8) is 0 Å². The third kappa shape index (κ3) is 14.0. The number of hydrogen-bond acceptors (Lipinski definition) is 17. The zero-order chi connectivity index (χ0) is 61.1. The Kier molecular flexibility index (Phi) is 18.6. The van der Waals surface area contributed by atoms with Crippen molar-refractivity contribution < 1.29 is 54.9 Å². The maximum Gasteiger partial charge on any atom is 0.433 e. The zero-order valence-electron chi connectivity index (χ0n) is 46.8. The van der Waals surface area contributed by atoms with Crippen LogP contribution in [-0.4, -0.2) is 155 Å². The quantitative estimate of drug-likeness (QED) is 0.0886. The maximum absolute atomic E-state index is 14.0. The lowest BCUT2D eigenvalue weighted by molar-refractivity contribution is -0.141. The van der Waals surface area contributed by atoms with Crippen molar-refractivity contribution in [3.05, 3.63) is 102 Å². The number of amides is 3. The Morgan fingerprint density at radius 2 is 1.06 bits per heavy atom. The number of fused-ring (bicyclic) bond motifs is 2. The standard InChI is InChI=1S/C29H34ClF3N8O5.C24H26ClF3N8O3/c1-5-19-22(38-10-12-39(13-11-38)27(44)46-28(2,3)4)25(43)41-26(36-24(37-41)17-8-14-45-15-9-17)40(19)16-21(42)34-18-6-7-20(29(31,32)33)35-23(18)30;1-2-16-19(34-9-7-29-8-10-34)22(38)36-23(32-21(33-36)14-5-11-39-12-6-14)35(16)13-18(37)30-15-3-4-17(24(26,27)28)31-20(15)25/h6-8H,5,9-16H2,1-4H3,(H,34,42);3-5,29H,2,6-13H2,1H3,(H,30,37). The smallest absolute Gasteiger partial charge is 0.433 e. The molecule has 2 fully saturated rings. The molecule has 0 aromatic carbocycles. The molecule has 3 amide bonds. The molecule has 10 heterocycles. The first-order valence-electron chi connectivity index (χ1n) is 27.2. The number of carbonyl (C=O) groups is 3. The van der Waals surface area contributed by atoms with Crippen LogP contribution in [-0.2, 0) is 62.1 Å². The zero-order valence-corrected chi connectivity index (χ0v) is 48.3. The molecule has 0 spiro atoms. The third-order valence-electron chi connectivity index (χ3n) is 13.9. The molecule has 85 heavy (non-hydrogen) atoms. The van der Waals surface area contributed by atoms with Crippen LogP contribution in [0.15, 0.2) is 46.0 Å². The predicted molar refractivity (Wildman–Crippen MR) is 301 cm³/mol. The summed E-state index contributed by atoms with van der Waals surface area (Å²) in [5, 5.41) is 16.3. The number of hydrogen-bond donors (Lipinski definition) is 3. The van der Waals surface area contributed by atoms with Crippen molar-refractivity contribution in [2.75, 3.05) is 99.2 Å². The van der Waals surface area contributed by atoms with Crippen LogP contribution in [0, 0.1) is 0 Å². The highest BCUT2D eigenvalue weighted by Gasteiger charge is 2.36. The number of carbonyl (C=O) groups excluding carboxylic acids is 3. The molecule has 6 aromatic rings. The summed E-state index contributed by atoms with van der Waals surface area (Å²) >= 11 is 11.9. The van der Waals surface area contributed by atoms with E-state index in [1.807, 2.05) is 35.8 Å². The van der Waals surface area contributed by atoms with Crippen molar-refractivity contribution in [3.8, 4) is 0 Å². The summed E-state index contributed by atoms with van der Waals surface area (Å²) in [5.41, 5.74) is -0.500. The molecule has 24 nitrogen and oxygen atoms in total. The van der Waals surface area contributed by atoms with E-state index in [2.05, 4.69) is 46.1 Å². The first-order chi connectivity index (χ1) is 40.3. The molecule has 0 radical (unpaired) electrons. The lowest BCUT2D eigenvalue weighted by atomic mass is 10.1. The number of nitrogens with zero attached hydrogens (tertiary/aromatic N) is 13. The molecule has 6 aromatic heterocycles. The second-order valence-corrected chi connectivity index (χ2v) is 21.6. The topological polar surface area (TPSA) is 255 Å². The summed E-state index contributed by atoms with van der Waals surface area (Å²) in [6, 6.07) is 3.54. The fourth-order valence-electron chi connectivity index (χ4n) is 9.96. The Morgan fingerprint density at radius 1 is 0.635 bits per heavy atom. The average Bonchev–Trinajstić information content (AvgIpc) is 1.83. The van der Waals surface area contributed by atoms with Crippen LogP contribution < -0.4 is 36.9 Å². The van der Waals surface area contributed by atoms with E-state index in [1.165, 1.54) is 4.52 Å². The van der Waals surface area contributed by atoms with Gasteiger partial charge in [-0.15, -0.1) is 10.2 Å². The van der Waals surface area contributed by atoms with Crippen LogP contribution in [0.2, 0.25) is 10.3 Å². The fourth-order valence-corrected chi connectivity index (χ4v) is 10.4. The van der Waals surface area contributed by atoms with Crippen molar-refractivity contribution in [2.24, 2.45) is 0 Å². The Morgan fingerprint density at radius 3 is 1.42 bits per heavy atom. The van der Waals surface area contributed by atoms with Gasteiger partial charge in [-0.3, -0.25) is 19.2 Å². The highest BCUT2D eigenvalue weighted by atomic mass is 35.5. The van der Waals surface area contributed by atoms with Gasteiger partial charge in [0.05, 0.1) is 49.2 Å². The Bertz CT molecular complexity index is 3710. The lowest BCUT2D eigenvalue weighted by Crippen LogP contribution is -2.51. The van der Waals surface area contributed by atoms with Crippen LogP contribution in [0.5, 0.6) is 0 Å². The van der Waals surface area contributed by atoms with E-state index < -0.39 is 63.1 Å². The Labute approximate surface area is 490 Å². The Balaban J connectivity index is 0.000000206. The molecule has 0 unspecified atom stereocenters. The summed E-state index contributed by atoms with van der Waals surface area (Å²) in [5.74, 6) is -0.228. The van der Waals surface area contributed by atoms with Crippen molar-refractivity contribution >= 4 is 86.6 Å². The van der Waals surface area contributed by atoms with Gasteiger partial charge in [-0.2, -0.15) is 45.3 Å². The molecule has 4 aliphatic heterocycles. The molecule has 4 aliphatic rings. The van der Waals surface area contributed by atoms with Crippen LogP contribution in [0.1, 0.15) is 81.9 Å². The minimum absolute atomic E-state index is 0.0679. The SMILES string of the molecule is CCc1c(N2CCN(C(=O)OC(C)(C)C)CC2)c(=O)n2nc(C3=CCOCC3)nc2n1CC(=O)Nc1ccc(C(F)(F)F)nc1Cl.CCc1c(N2CCNCC2)c(=O)n2nc(C3=CCOCC3)nc2n1CC(=O)Nc1ccc(C(F)(F)F)nc1Cl. The van der Waals surface area contributed by atoms with Gasteiger partial charge >= 0.3 is 18.4 Å². The number of alkyl halides is 6. The Hall–Kier alpha value is -7.67. The highest BCUT2D eigenvalue weighted by molar-refractivity contribution is 6.32. The van der Waals surface area contributed by atoms with E-state index in [4.69, 9.17) is 37.4 Å². The van der Waals surface area contributed by atoms with Crippen LogP contribution in [0.4, 0.5) is 53.9 Å². The number of nitrogens with one attached hydrogen (secondary N) is 3. The minimum Gasteiger partial charge on any atom is -0.444 e. The number of piperazine rings is 2. The lowest BCUT2D eigenvalue weighted by Gasteiger charge is -2.37. The largest absolute Gasteiger partial charge is 0.444 e. The van der Waals surface area contributed by atoms with Crippen LogP contribution in [0.3, 0.4) is 0 Å². The number of aromatic nitrogens is 10. The van der Waals surface area contributed by atoms with E-state index >= 15 is 0 Å². The molecule has 0 atom stereocenters. The summed E-state index contributed by atoms with van der Waals surface area (Å²) in [4.78, 5) is 88.3.